The van der Waals surface area contributed by atoms with Gasteiger partial charge in [0.1, 0.15) is 0 Å². The molecule has 0 radical (unpaired) electrons. The molecule has 0 bridgehead atoms. The minimum absolute atomic E-state index is 0.0963. The highest BCUT2D eigenvalue weighted by atomic mass is 16.5. The van der Waals surface area contributed by atoms with Gasteiger partial charge in [-0.05, 0) is 55.4 Å². The van der Waals surface area contributed by atoms with Gasteiger partial charge < -0.3 is 15.0 Å². The fourth-order valence-electron chi connectivity index (χ4n) is 2.84. The summed E-state index contributed by atoms with van der Waals surface area (Å²) in [5.41, 5.74) is 1.87. The molecule has 1 N–H and O–H groups in total. The van der Waals surface area contributed by atoms with Crippen LogP contribution in [-0.4, -0.2) is 38.1 Å². The number of nitrogens with one attached hydrogen (secondary N) is 1. The summed E-state index contributed by atoms with van der Waals surface area (Å²) < 4.78 is 5.53. The third kappa shape index (κ3) is 5.71. The molecule has 2 amide bonds. The largest absolute Gasteiger partial charge is 0.381 e. The van der Waals surface area contributed by atoms with Crippen LogP contribution in [-0.2, 0) is 14.3 Å². The maximum absolute atomic E-state index is 11.8. The van der Waals surface area contributed by atoms with Gasteiger partial charge in [0.25, 0.3) is 0 Å². The van der Waals surface area contributed by atoms with E-state index in [0.29, 0.717) is 19.6 Å². The first-order valence-corrected chi connectivity index (χ1v) is 9.16. The summed E-state index contributed by atoms with van der Waals surface area (Å²) in [6.45, 7) is 2.99. The fourth-order valence-corrected chi connectivity index (χ4v) is 2.84. The van der Waals surface area contributed by atoms with Crippen molar-refractivity contribution in [3.05, 3.63) is 35.9 Å². The number of hydrogen-bond donors (Lipinski definition) is 1. The van der Waals surface area contributed by atoms with Crippen LogP contribution in [0.1, 0.15) is 37.7 Å². The van der Waals surface area contributed by atoms with Crippen LogP contribution >= 0.6 is 0 Å². The van der Waals surface area contributed by atoms with E-state index in [2.05, 4.69) is 5.32 Å². The maximum Gasteiger partial charge on any atom is 0.244 e. The summed E-state index contributed by atoms with van der Waals surface area (Å²) in [7, 11) is 0. The zero-order chi connectivity index (χ0) is 17.5. The lowest BCUT2D eigenvalue weighted by molar-refractivity contribution is -0.117. The van der Waals surface area contributed by atoms with Gasteiger partial charge in [-0.1, -0.05) is 12.1 Å². The molecule has 0 unspecified atom stereocenters. The first-order valence-electron chi connectivity index (χ1n) is 9.16. The van der Waals surface area contributed by atoms with Gasteiger partial charge in [0.05, 0.1) is 0 Å². The molecule has 134 valence electrons. The fraction of sp³-hybridized carbons (Fsp3) is 0.500. The smallest absolute Gasteiger partial charge is 0.244 e. The molecule has 5 heteroatoms. The van der Waals surface area contributed by atoms with Crippen molar-refractivity contribution in [1.29, 1.82) is 0 Å². The molecule has 0 spiro atoms. The van der Waals surface area contributed by atoms with Crippen LogP contribution in [0.15, 0.2) is 30.3 Å². The van der Waals surface area contributed by atoms with Gasteiger partial charge in [-0.2, -0.15) is 0 Å². The van der Waals surface area contributed by atoms with E-state index < -0.39 is 0 Å². The monoisotopic (exact) mass is 342 g/mol. The van der Waals surface area contributed by atoms with Crippen LogP contribution in [0.5, 0.6) is 0 Å². The number of amides is 2. The minimum Gasteiger partial charge on any atom is -0.381 e. The predicted octanol–water partition coefficient (Wildman–Crippen LogP) is 2.76. The van der Waals surface area contributed by atoms with Gasteiger partial charge in [-0.15, -0.1) is 0 Å². The highest BCUT2D eigenvalue weighted by molar-refractivity contribution is 5.95. The molecule has 25 heavy (non-hydrogen) atoms. The molecule has 2 aliphatic rings. The van der Waals surface area contributed by atoms with Gasteiger partial charge in [0.2, 0.25) is 11.8 Å². The molecule has 1 heterocycles. The Bertz CT molecular complexity index is 620. The summed E-state index contributed by atoms with van der Waals surface area (Å²) in [6, 6.07) is 7.71. The maximum atomic E-state index is 11.8. The number of rotatable bonds is 9. The predicted molar refractivity (Wildman–Crippen MR) is 98.2 cm³/mol. The highest BCUT2D eigenvalue weighted by Gasteiger charge is 2.21. The molecule has 3 rings (SSSR count). The Labute approximate surface area is 149 Å². The van der Waals surface area contributed by atoms with Gasteiger partial charge in [0, 0.05) is 44.5 Å². The number of hydrogen-bond acceptors (Lipinski definition) is 3. The second-order valence-corrected chi connectivity index (χ2v) is 6.74. The van der Waals surface area contributed by atoms with E-state index in [9.17, 15) is 9.59 Å². The van der Waals surface area contributed by atoms with Gasteiger partial charge in [-0.25, -0.2) is 0 Å². The molecule has 5 nitrogen and oxygen atoms in total. The third-order valence-electron chi connectivity index (χ3n) is 4.52. The van der Waals surface area contributed by atoms with Gasteiger partial charge >= 0.3 is 0 Å². The van der Waals surface area contributed by atoms with Crippen LogP contribution in [0.4, 0.5) is 5.69 Å². The lowest BCUT2D eigenvalue weighted by Gasteiger charge is -2.15. The Morgan fingerprint density at radius 1 is 1.28 bits per heavy atom. The van der Waals surface area contributed by atoms with Crippen LogP contribution in [0.25, 0.3) is 6.08 Å². The molecule has 0 aromatic heterocycles. The molecule has 2 fully saturated rings. The van der Waals surface area contributed by atoms with Crippen molar-refractivity contribution in [2.75, 3.05) is 31.2 Å². The molecule has 1 saturated heterocycles. The van der Waals surface area contributed by atoms with Crippen LogP contribution < -0.4 is 10.2 Å². The zero-order valence-corrected chi connectivity index (χ0v) is 14.6. The Hall–Kier alpha value is -2.14. The van der Waals surface area contributed by atoms with Crippen molar-refractivity contribution < 1.29 is 14.3 Å². The Morgan fingerprint density at radius 2 is 2.08 bits per heavy atom. The summed E-state index contributed by atoms with van der Waals surface area (Å²) in [4.78, 5) is 25.3. The minimum atomic E-state index is -0.0963. The van der Waals surface area contributed by atoms with Crippen LogP contribution in [0.2, 0.25) is 0 Å². The zero-order valence-electron chi connectivity index (χ0n) is 14.6. The standard InChI is InChI=1S/C20H26N2O3/c23-19(21-12-2-14-25-15-17-4-5-17)11-8-16-6-9-18(10-7-16)22-13-1-3-20(22)24/h6-11,17H,1-5,12-15H2,(H,21,23)/b11-8+. The van der Waals surface area contributed by atoms with Crippen molar-refractivity contribution in [1.82, 2.24) is 5.32 Å². The van der Waals surface area contributed by atoms with E-state index in [1.54, 1.807) is 12.2 Å². The van der Waals surface area contributed by atoms with E-state index in [4.69, 9.17) is 4.74 Å². The van der Waals surface area contributed by atoms with E-state index in [1.165, 1.54) is 12.8 Å². The molecule has 1 aromatic rings. The Kier molecular flexibility index (Phi) is 6.23. The molecular weight excluding hydrogens is 316 g/mol. The number of nitrogens with zero attached hydrogens (tertiary/aromatic N) is 1. The van der Waals surface area contributed by atoms with Gasteiger partial charge in [-0.3, -0.25) is 9.59 Å². The first kappa shape index (κ1) is 17.7. The number of anilines is 1. The number of benzene rings is 1. The summed E-state index contributed by atoms with van der Waals surface area (Å²) in [5, 5.41) is 2.86. The molecule has 1 saturated carbocycles. The lowest BCUT2D eigenvalue weighted by Crippen LogP contribution is -2.23. The second kappa shape index (κ2) is 8.81. The molecule has 1 aromatic carbocycles. The summed E-state index contributed by atoms with van der Waals surface area (Å²) in [5.74, 6) is 0.872. The number of ether oxygens (including phenoxy) is 1. The SMILES string of the molecule is O=C(/C=C/c1ccc(N2CCCC2=O)cc1)NCCCOCC1CC1. The quantitative estimate of drug-likeness (QED) is 0.554. The summed E-state index contributed by atoms with van der Waals surface area (Å²) in [6.07, 6.45) is 8.33. The van der Waals surface area contributed by atoms with Gasteiger partial charge in [0.15, 0.2) is 0 Å². The van der Waals surface area contributed by atoms with Crippen molar-refractivity contribution in [2.24, 2.45) is 5.92 Å². The molecular formula is C20H26N2O3. The van der Waals surface area contributed by atoms with E-state index in [1.807, 2.05) is 29.2 Å². The Morgan fingerprint density at radius 3 is 2.76 bits per heavy atom. The molecule has 0 atom stereocenters. The number of carbonyl (C=O) groups excluding carboxylic acids is 2. The van der Waals surface area contributed by atoms with E-state index in [-0.39, 0.29) is 11.8 Å². The van der Waals surface area contributed by atoms with Crippen molar-refractivity contribution >= 4 is 23.6 Å². The Balaban J connectivity index is 1.35. The lowest BCUT2D eigenvalue weighted by atomic mass is 10.2. The van der Waals surface area contributed by atoms with Crippen LogP contribution in [0, 0.1) is 5.92 Å². The van der Waals surface area contributed by atoms with Crippen molar-refractivity contribution in [3.8, 4) is 0 Å². The third-order valence-corrected chi connectivity index (χ3v) is 4.52. The molecule has 1 aliphatic heterocycles. The van der Waals surface area contributed by atoms with E-state index in [0.717, 1.165) is 43.2 Å². The average Bonchev–Trinajstić information content (AvgIpc) is 3.35. The topological polar surface area (TPSA) is 58.6 Å². The highest BCUT2D eigenvalue weighted by Crippen LogP contribution is 2.28. The average molecular weight is 342 g/mol. The van der Waals surface area contributed by atoms with Crippen molar-refractivity contribution in [2.45, 2.75) is 32.1 Å². The van der Waals surface area contributed by atoms with E-state index >= 15 is 0 Å². The van der Waals surface area contributed by atoms with Crippen molar-refractivity contribution in [3.63, 3.8) is 0 Å². The van der Waals surface area contributed by atoms with Crippen LogP contribution in [0.3, 0.4) is 0 Å². The first-order chi connectivity index (χ1) is 12.2. The second-order valence-electron chi connectivity index (χ2n) is 6.74. The summed E-state index contributed by atoms with van der Waals surface area (Å²) >= 11 is 0. The molecule has 1 aliphatic carbocycles. The number of carbonyl (C=O) groups is 2. The normalized spacial score (nSPS) is 17.4.